The van der Waals surface area contributed by atoms with E-state index < -0.39 is 0 Å². The van der Waals surface area contributed by atoms with E-state index in [1.165, 1.54) is 0 Å². The van der Waals surface area contributed by atoms with Gasteiger partial charge in [-0.3, -0.25) is 4.90 Å². The second kappa shape index (κ2) is 10.2. The van der Waals surface area contributed by atoms with Gasteiger partial charge in [0.1, 0.15) is 5.82 Å². The first-order valence-electron chi connectivity index (χ1n) is 7.08. The van der Waals surface area contributed by atoms with E-state index >= 15 is 0 Å². The Hall–Kier alpha value is -1.64. The standard InChI is InChI=1S/C15H24N4O/c1-3-9-17-15-7-4-6-14(18-15)13-19(10-5-8-16)11-12-20-2/h4,6-7H,3,5,9-13H2,1-2H3,(H,17,18). The number of hydrogen-bond donors (Lipinski definition) is 1. The summed E-state index contributed by atoms with van der Waals surface area (Å²) >= 11 is 0. The van der Waals surface area contributed by atoms with Crippen molar-refractivity contribution in [1.29, 1.82) is 5.26 Å². The first-order valence-corrected chi connectivity index (χ1v) is 7.08. The van der Waals surface area contributed by atoms with Crippen LogP contribution >= 0.6 is 0 Å². The molecule has 0 saturated carbocycles. The average Bonchev–Trinajstić information content (AvgIpc) is 2.48. The molecule has 0 radical (unpaired) electrons. The summed E-state index contributed by atoms with van der Waals surface area (Å²) in [6.07, 6.45) is 1.60. The van der Waals surface area contributed by atoms with Gasteiger partial charge >= 0.3 is 0 Å². The van der Waals surface area contributed by atoms with Gasteiger partial charge < -0.3 is 10.1 Å². The monoisotopic (exact) mass is 276 g/mol. The summed E-state index contributed by atoms with van der Waals surface area (Å²) in [4.78, 5) is 6.78. The zero-order chi connectivity index (χ0) is 14.6. The lowest BCUT2D eigenvalue weighted by molar-refractivity contribution is 0.144. The molecule has 20 heavy (non-hydrogen) atoms. The van der Waals surface area contributed by atoms with Crippen LogP contribution in [-0.4, -0.2) is 43.2 Å². The van der Waals surface area contributed by atoms with Crippen LogP contribution in [0, 0.1) is 11.3 Å². The maximum absolute atomic E-state index is 8.71. The van der Waals surface area contributed by atoms with Gasteiger partial charge in [0.25, 0.3) is 0 Å². The topological polar surface area (TPSA) is 61.2 Å². The van der Waals surface area contributed by atoms with Crippen molar-refractivity contribution in [2.45, 2.75) is 26.3 Å². The molecule has 0 aromatic carbocycles. The van der Waals surface area contributed by atoms with E-state index in [1.54, 1.807) is 7.11 Å². The molecule has 0 fully saturated rings. The van der Waals surface area contributed by atoms with Gasteiger partial charge in [0, 0.05) is 39.7 Å². The zero-order valence-corrected chi connectivity index (χ0v) is 12.4. The minimum absolute atomic E-state index is 0.525. The van der Waals surface area contributed by atoms with E-state index in [0.29, 0.717) is 13.0 Å². The van der Waals surface area contributed by atoms with Crippen molar-refractivity contribution < 1.29 is 4.74 Å². The molecule has 0 amide bonds. The average molecular weight is 276 g/mol. The SMILES string of the molecule is CCCNc1cccc(CN(CCC#N)CCOC)n1. The molecule has 1 N–H and O–H groups in total. The van der Waals surface area contributed by atoms with Crippen LogP contribution in [0.4, 0.5) is 5.82 Å². The molecular formula is C15H24N4O. The fourth-order valence-corrected chi connectivity index (χ4v) is 1.85. The van der Waals surface area contributed by atoms with Crippen molar-refractivity contribution in [1.82, 2.24) is 9.88 Å². The minimum Gasteiger partial charge on any atom is -0.383 e. The second-order valence-electron chi connectivity index (χ2n) is 4.62. The lowest BCUT2D eigenvalue weighted by Crippen LogP contribution is -2.28. The molecule has 0 aliphatic heterocycles. The van der Waals surface area contributed by atoms with Gasteiger partial charge in [-0.15, -0.1) is 0 Å². The second-order valence-corrected chi connectivity index (χ2v) is 4.62. The van der Waals surface area contributed by atoms with Crippen molar-refractivity contribution in [2.24, 2.45) is 0 Å². The molecule has 0 aliphatic rings. The molecule has 0 atom stereocenters. The summed E-state index contributed by atoms with van der Waals surface area (Å²) in [5, 5.41) is 12.0. The third-order valence-electron chi connectivity index (χ3n) is 2.90. The molecule has 0 bridgehead atoms. The molecule has 0 spiro atoms. The summed E-state index contributed by atoms with van der Waals surface area (Å²) in [6.45, 7) is 6.02. The molecule has 1 rings (SSSR count). The Kier molecular flexibility index (Phi) is 8.36. The van der Waals surface area contributed by atoms with E-state index in [9.17, 15) is 0 Å². The van der Waals surface area contributed by atoms with Crippen molar-refractivity contribution in [2.75, 3.05) is 38.7 Å². The number of anilines is 1. The maximum Gasteiger partial charge on any atom is 0.126 e. The quantitative estimate of drug-likeness (QED) is 0.710. The van der Waals surface area contributed by atoms with Crippen LogP contribution < -0.4 is 5.32 Å². The van der Waals surface area contributed by atoms with Gasteiger partial charge in [0.2, 0.25) is 0 Å². The number of ether oxygens (including phenoxy) is 1. The third kappa shape index (κ3) is 6.50. The van der Waals surface area contributed by atoms with Crippen molar-refractivity contribution in [3.8, 4) is 6.07 Å². The van der Waals surface area contributed by atoms with Crippen LogP contribution in [0.5, 0.6) is 0 Å². The van der Waals surface area contributed by atoms with Gasteiger partial charge in [0.15, 0.2) is 0 Å². The molecule has 0 aliphatic carbocycles. The highest BCUT2D eigenvalue weighted by Gasteiger charge is 2.07. The Morgan fingerprint density at radius 3 is 2.95 bits per heavy atom. The smallest absolute Gasteiger partial charge is 0.126 e. The Morgan fingerprint density at radius 2 is 2.25 bits per heavy atom. The van der Waals surface area contributed by atoms with E-state index in [-0.39, 0.29) is 0 Å². The van der Waals surface area contributed by atoms with Gasteiger partial charge in [-0.25, -0.2) is 4.98 Å². The Labute approximate surface area is 121 Å². The summed E-state index contributed by atoms with van der Waals surface area (Å²) in [5.41, 5.74) is 1.01. The largest absolute Gasteiger partial charge is 0.383 e. The normalized spacial score (nSPS) is 10.5. The number of rotatable bonds is 10. The fourth-order valence-electron chi connectivity index (χ4n) is 1.85. The highest BCUT2D eigenvalue weighted by Crippen LogP contribution is 2.08. The van der Waals surface area contributed by atoms with Gasteiger partial charge in [-0.05, 0) is 18.6 Å². The molecule has 1 aromatic rings. The fraction of sp³-hybridized carbons (Fsp3) is 0.600. The lowest BCUT2D eigenvalue weighted by Gasteiger charge is -2.20. The summed E-state index contributed by atoms with van der Waals surface area (Å²) in [7, 11) is 1.69. The molecule has 5 heteroatoms. The number of pyridine rings is 1. The number of nitriles is 1. The molecular weight excluding hydrogens is 252 g/mol. The Bertz CT molecular complexity index is 417. The van der Waals surface area contributed by atoms with Gasteiger partial charge in [0.05, 0.1) is 18.4 Å². The summed E-state index contributed by atoms with van der Waals surface area (Å²) in [6, 6.07) is 8.19. The van der Waals surface area contributed by atoms with Crippen LogP contribution in [0.2, 0.25) is 0 Å². The first-order chi connectivity index (χ1) is 9.80. The molecule has 5 nitrogen and oxygen atoms in total. The van der Waals surface area contributed by atoms with Gasteiger partial charge in [-0.2, -0.15) is 5.26 Å². The minimum atomic E-state index is 0.525. The van der Waals surface area contributed by atoms with Crippen LogP contribution in [-0.2, 0) is 11.3 Å². The van der Waals surface area contributed by atoms with Crippen LogP contribution in [0.3, 0.4) is 0 Å². The lowest BCUT2D eigenvalue weighted by atomic mass is 10.3. The third-order valence-corrected chi connectivity index (χ3v) is 2.90. The van der Waals surface area contributed by atoms with Crippen LogP contribution in [0.1, 0.15) is 25.5 Å². The van der Waals surface area contributed by atoms with Crippen molar-refractivity contribution in [3.63, 3.8) is 0 Å². The molecule has 1 aromatic heterocycles. The predicted octanol–water partition coefficient (Wildman–Crippen LogP) is 2.27. The molecule has 0 saturated heterocycles. The molecule has 0 unspecified atom stereocenters. The Balaban J connectivity index is 2.59. The number of nitrogens with one attached hydrogen (secondary N) is 1. The molecule has 110 valence electrons. The first kappa shape index (κ1) is 16.4. The van der Waals surface area contributed by atoms with Crippen LogP contribution in [0.25, 0.3) is 0 Å². The number of nitrogens with zero attached hydrogens (tertiary/aromatic N) is 3. The summed E-state index contributed by atoms with van der Waals surface area (Å²) in [5.74, 6) is 0.913. The zero-order valence-electron chi connectivity index (χ0n) is 12.4. The summed E-state index contributed by atoms with van der Waals surface area (Å²) < 4.78 is 5.11. The van der Waals surface area contributed by atoms with E-state index in [4.69, 9.17) is 10.00 Å². The highest BCUT2D eigenvalue weighted by molar-refractivity contribution is 5.35. The predicted molar refractivity (Wildman–Crippen MR) is 80.4 cm³/mol. The number of aromatic nitrogens is 1. The molecule has 1 heterocycles. The van der Waals surface area contributed by atoms with Crippen molar-refractivity contribution in [3.05, 3.63) is 23.9 Å². The van der Waals surface area contributed by atoms with Crippen molar-refractivity contribution >= 4 is 5.82 Å². The maximum atomic E-state index is 8.71. The Morgan fingerprint density at radius 1 is 1.40 bits per heavy atom. The van der Waals surface area contributed by atoms with E-state index in [0.717, 1.165) is 44.1 Å². The highest BCUT2D eigenvalue weighted by atomic mass is 16.5. The van der Waals surface area contributed by atoms with E-state index in [1.807, 2.05) is 18.2 Å². The van der Waals surface area contributed by atoms with E-state index in [2.05, 4.69) is 28.2 Å². The van der Waals surface area contributed by atoms with Gasteiger partial charge in [-0.1, -0.05) is 13.0 Å². The van der Waals surface area contributed by atoms with Crippen LogP contribution in [0.15, 0.2) is 18.2 Å². The number of hydrogen-bond acceptors (Lipinski definition) is 5. The number of methoxy groups -OCH3 is 1.